The summed E-state index contributed by atoms with van der Waals surface area (Å²) in [6.07, 6.45) is 9.87. The van der Waals surface area contributed by atoms with Crippen LogP contribution in [0.3, 0.4) is 0 Å². The molecule has 0 radical (unpaired) electrons. The van der Waals surface area contributed by atoms with Crippen molar-refractivity contribution < 1.29 is 13.9 Å². The van der Waals surface area contributed by atoms with Crippen LogP contribution in [0.1, 0.15) is 52.4 Å². The third-order valence-corrected chi connectivity index (χ3v) is 4.80. The molecule has 4 nitrogen and oxygen atoms in total. The van der Waals surface area contributed by atoms with Crippen molar-refractivity contribution in [2.45, 2.75) is 52.4 Å². The molecule has 0 aliphatic rings. The Morgan fingerprint density at radius 3 is 2.65 bits per heavy atom. The molecule has 1 heterocycles. The number of carbonyl (C=O) groups excluding carboxylic acids is 1. The average Bonchev–Trinajstić information content (AvgIpc) is 2.77. The first-order valence-electron chi connectivity index (χ1n) is 10.9. The number of carbonyl (C=O) groups is 1. The lowest BCUT2D eigenvalue weighted by atomic mass is 10.1. The summed E-state index contributed by atoms with van der Waals surface area (Å²) in [7, 11) is 0. The Morgan fingerprint density at radius 2 is 1.84 bits per heavy atom. The van der Waals surface area contributed by atoms with Crippen LogP contribution in [0.25, 0.3) is 10.9 Å². The third-order valence-electron chi connectivity index (χ3n) is 4.80. The van der Waals surface area contributed by atoms with Crippen LogP contribution < -0.4 is 10.1 Å². The van der Waals surface area contributed by atoms with Crippen LogP contribution in [0.15, 0.2) is 72.1 Å². The lowest BCUT2D eigenvalue weighted by Crippen LogP contribution is -2.25. The van der Waals surface area contributed by atoms with Crippen LogP contribution in [0.2, 0.25) is 0 Å². The van der Waals surface area contributed by atoms with Gasteiger partial charge in [-0.2, -0.15) is 0 Å². The molecule has 0 bridgehead atoms. The highest BCUT2D eigenvalue weighted by atomic mass is 19.1. The summed E-state index contributed by atoms with van der Waals surface area (Å²) < 4.78 is 19.7. The summed E-state index contributed by atoms with van der Waals surface area (Å²) >= 11 is 0. The van der Waals surface area contributed by atoms with Crippen molar-refractivity contribution >= 4 is 16.8 Å². The summed E-state index contributed by atoms with van der Waals surface area (Å²) in [6, 6.07) is 11.9. The van der Waals surface area contributed by atoms with Gasteiger partial charge in [0.15, 0.2) is 5.83 Å². The number of allylic oxidation sites excluding steroid dienone is 3. The minimum absolute atomic E-state index is 0.285. The Kier molecular flexibility index (Phi) is 10.5. The topological polar surface area (TPSA) is 51.2 Å². The summed E-state index contributed by atoms with van der Waals surface area (Å²) in [4.78, 5) is 16.2. The van der Waals surface area contributed by atoms with Crippen LogP contribution in [0.5, 0.6) is 5.88 Å². The second-order valence-corrected chi connectivity index (χ2v) is 7.79. The number of hydrogen-bond acceptors (Lipinski definition) is 3. The van der Waals surface area contributed by atoms with Gasteiger partial charge in [-0.3, -0.25) is 4.79 Å². The fourth-order valence-corrected chi connectivity index (χ4v) is 3.02. The number of ether oxygens (including phenoxy) is 1. The van der Waals surface area contributed by atoms with Crippen LogP contribution in [-0.2, 0) is 4.79 Å². The monoisotopic (exact) mass is 424 g/mol. The van der Waals surface area contributed by atoms with Gasteiger partial charge in [-0.25, -0.2) is 9.37 Å². The van der Waals surface area contributed by atoms with Crippen molar-refractivity contribution in [1.82, 2.24) is 10.3 Å². The molecule has 1 aromatic heterocycles. The lowest BCUT2D eigenvalue weighted by molar-refractivity contribution is -0.118. The van der Waals surface area contributed by atoms with Crippen molar-refractivity contribution in [3.05, 3.63) is 72.1 Å². The molecule has 0 saturated carbocycles. The van der Waals surface area contributed by atoms with Gasteiger partial charge in [-0.05, 0) is 50.8 Å². The number of nitrogens with zero attached hydrogens (tertiary/aromatic N) is 1. The van der Waals surface area contributed by atoms with E-state index in [1.165, 1.54) is 0 Å². The van der Waals surface area contributed by atoms with Crippen LogP contribution in [-0.4, -0.2) is 24.0 Å². The number of hydrogen-bond donors (Lipinski definition) is 1. The van der Waals surface area contributed by atoms with E-state index < -0.39 is 11.7 Å². The third kappa shape index (κ3) is 9.16. The zero-order valence-electron chi connectivity index (χ0n) is 18.6. The SMILES string of the molecule is C=C(C)CNC(=O)/C(F)=C(C)/C=C/CCCCCCCOc1ccc2ccccc2n1. The molecule has 166 valence electrons. The maximum Gasteiger partial charge on any atom is 0.280 e. The van der Waals surface area contributed by atoms with Crippen LogP contribution in [0.4, 0.5) is 4.39 Å². The number of unbranched alkanes of at least 4 members (excludes halogenated alkanes) is 5. The largest absolute Gasteiger partial charge is 0.478 e. The number of benzene rings is 1. The molecule has 0 unspecified atom stereocenters. The summed E-state index contributed by atoms with van der Waals surface area (Å²) in [5, 5.41) is 3.61. The Morgan fingerprint density at radius 1 is 1.10 bits per heavy atom. The Hall–Kier alpha value is -2.95. The van der Waals surface area contributed by atoms with Crippen molar-refractivity contribution in [3.8, 4) is 5.88 Å². The number of fused-ring (bicyclic) bond motifs is 1. The fraction of sp³-hybridized carbons (Fsp3) is 0.385. The molecule has 5 heteroatoms. The fourth-order valence-electron chi connectivity index (χ4n) is 3.02. The van der Waals surface area contributed by atoms with Gasteiger partial charge in [0.2, 0.25) is 5.88 Å². The minimum Gasteiger partial charge on any atom is -0.478 e. The second-order valence-electron chi connectivity index (χ2n) is 7.79. The highest BCUT2D eigenvalue weighted by molar-refractivity contribution is 5.92. The molecule has 2 rings (SSSR count). The molecule has 0 atom stereocenters. The van der Waals surface area contributed by atoms with Gasteiger partial charge in [0.1, 0.15) is 0 Å². The van der Waals surface area contributed by atoms with E-state index in [-0.39, 0.29) is 6.54 Å². The van der Waals surface area contributed by atoms with Gasteiger partial charge >= 0.3 is 0 Å². The Balaban J connectivity index is 1.55. The molecule has 31 heavy (non-hydrogen) atoms. The molecule has 0 spiro atoms. The van der Waals surface area contributed by atoms with Crippen molar-refractivity contribution in [2.24, 2.45) is 0 Å². The lowest BCUT2D eigenvalue weighted by Gasteiger charge is -2.06. The van der Waals surface area contributed by atoms with E-state index in [1.54, 1.807) is 19.9 Å². The number of rotatable bonds is 13. The maximum atomic E-state index is 14.0. The van der Waals surface area contributed by atoms with Gasteiger partial charge in [0, 0.05) is 18.0 Å². The average molecular weight is 425 g/mol. The van der Waals surface area contributed by atoms with Gasteiger partial charge in [0.25, 0.3) is 5.91 Å². The van der Waals surface area contributed by atoms with Gasteiger partial charge < -0.3 is 10.1 Å². The standard InChI is InChI=1S/C26H33FN2O2/c1-20(2)19-28-26(30)25(27)21(3)13-9-7-5-4-6-8-12-18-31-24-17-16-22-14-10-11-15-23(22)29-24/h9-11,13-17H,1,4-8,12,18-19H2,2-3H3,(H,28,30)/b13-9+,25-21-. The molecular weight excluding hydrogens is 391 g/mol. The maximum absolute atomic E-state index is 14.0. The minimum atomic E-state index is -0.738. The highest BCUT2D eigenvalue weighted by Crippen LogP contribution is 2.16. The van der Waals surface area contributed by atoms with Crippen LogP contribution >= 0.6 is 0 Å². The molecule has 0 fully saturated rings. The van der Waals surface area contributed by atoms with E-state index in [4.69, 9.17) is 4.74 Å². The number of nitrogens with one attached hydrogen (secondary N) is 1. The molecule has 1 N–H and O–H groups in total. The quantitative estimate of drug-likeness (QED) is 0.174. The van der Waals surface area contributed by atoms with E-state index in [0.29, 0.717) is 18.1 Å². The van der Waals surface area contributed by atoms with E-state index in [2.05, 4.69) is 16.9 Å². The summed E-state index contributed by atoms with van der Waals surface area (Å²) in [5.74, 6) is -0.752. The molecule has 0 aliphatic carbocycles. The van der Waals surface area contributed by atoms with Crippen molar-refractivity contribution in [1.29, 1.82) is 0 Å². The number of aromatic nitrogens is 1. The predicted molar refractivity (Wildman–Crippen MR) is 126 cm³/mol. The number of halogens is 1. The van der Waals surface area contributed by atoms with E-state index >= 15 is 0 Å². The van der Waals surface area contributed by atoms with Crippen molar-refractivity contribution in [3.63, 3.8) is 0 Å². The molecule has 1 aromatic carbocycles. The molecule has 0 saturated heterocycles. The Bertz CT molecular complexity index is 934. The molecular formula is C26H33FN2O2. The molecule has 1 amide bonds. The highest BCUT2D eigenvalue weighted by Gasteiger charge is 2.10. The van der Waals surface area contributed by atoms with Gasteiger partial charge in [-0.15, -0.1) is 0 Å². The van der Waals surface area contributed by atoms with Gasteiger partial charge in [0.05, 0.1) is 12.1 Å². The normalized spacial score (nSPS) is 12.1. The van der Waals surface area contributed by atoms with E-state index in [9.17, 15) is 9.18 Å². The summed E-state index contributed by atoms with van der Waals surface area (Å²) in [5.41, 5.74) is 2.08. The second kappa shape index (κ2) is 13.4. The first-order chi connectivity index (χ1) is 15.0. The van der Waals surface area contributed by atoms with Crippen molar-refractivity contribution in [2.75, 3.05) is 13.2 Å². The first kappa shape index (κ1) is 24.3. The Labute approximate surface area is 184 Å². The van der Waals surface area contributed by atoms with E-state index in [0.717, 1.165) is 55.0 Å². The molecule has 2 aromatic rings. The number of para-hydroxylation sites is 1. The summed E-state index contributed by atoms with van der Waals surface area (Å²) in [6.45, 7) is 8.02. The number of pyridine rings is 1. The smallest absolute Gasteiger partial charge is 0.280 e. The molecule has 0 aliphatic heterocycles. The van der Waals surface area contributed by atoms with Crippen LogP contribution in [0, 0.1) is 0 Å². The van der Waals surface area contributed by atoms with Gasteiger partial charge in [-0.1, -0.05) is 61.8 Å². The predicted octanol–water partition coefficient (Wildman–Crippen LogP) is 6.45. The zero-order chi connectivity index (χ0) is 22.5. The van der Waals surface area contributed by atoms with E-state index in [1.807, 2.05) is 42.5 Å². The zero-order valence-corrected chi connectivity index (χ0v) is 18.6. The number of amides is 1. The first-order valence-corrected chi connectivity index (χ1v) is 10.9.